The Morgan fingerprint density at radius 1 is 1.11 bits per heavy atom. The van der Waals surface area contributed by atoms with Crippen LogP contribution in [0.15, 0.2) is 60.9 Å². The van der Waals surface area contributed by atoms with E-state index in [0.717, 1.165) is 24.1 Å². The third-order valence-corrected chi connectivity index (χ3v) is 4.96. The van der Waals surface area contributed by atoms with Crippen molar-refractivity contribution in [2.75, 3.05) is 23.4 Å². The summed E-state index contributed by atoms with van der Waals surface area (Å²) in [6, 6.07) is 17.8. The molecule has 0 amide bonds. The highest BCUT2D eigenvalue weighted by Crippen LogP contribution is 2.40. The van der Waals surface area contributed by atoms with E-state index in [1.807, 2.05) is 60.5 Å². The predicted octanol–water partition coefficient (Wildman–Crippen LogP) is 4.11. The fraction of sp³-hybridized carbons (Fsp3) is 0.238. The highest BCUT2D eigenvalue weighted by Gasteiger charge is 2.31. The molecule has 0 atom stereocenters. The zero-order chi connectivity index (χ0) is 19.5. The Bertz CT molecular complexity index is 993. The summed E-state index contributed by atoms with van der Waals surface area (Å²) in [6.07, 6.45) is 3.30. The summed E-state index contributed by atoms with van der Waals surface area (Å²) < 4.78 is 0. The molecule has 3 aromatic rings. The van der Waals surface area contributed by atoms with Crippen LogP contribution in [-0.2, 0) is 13.0 Å². The lowest BCUT2D eigenvalue weighted by Gasteiger charge is -2.30. The smallest absolute Gasteiger partial charge is 0.349 e. The van der Waals surface area contributed by atoms with Crippen LogP contribution in [0.4, 0.5) is 23.0 Å². The Morgan fingerprint density at radius 3 is 2.64 bits per heavy atom. The first-order chi connectivity index (χ1) is 13.6. The number of nitrogens with zero attached hydrogens (tertiary/aromatic N) is 5. The maximum Gasteiger partial charge on any atom is 0.353 e. The number of rotatable bonds is 5. The average Bonchev–Trinajstić information content (AvgIpc) is 2.73. The summed E-state index contributed by atoms with van der Waals surface area (Å²) in [6.45, 7) is 1.21. The van der Waals surface area contributed by atoms with E-state index in [9.17, 15) is 10.1 Å². The lowest BCUT2D eigenvalue weighted by molar-refractivity contribution is -0.383. The first-order valence-corrected chi connectivity index (χ1v) is 9.25. The van der Waals surface area contributed by atoms with Crippen molar-refractivity contribution < 1.29 is 4.92 Å². The normalized spacial score (nSPS) is 13.1. The van der Waals surface area contributed by atoms with Gasteiger partial charge in [-0.1, -0.05) is 48.5 Å². The summed E-state index contributed by atoms with van der Waals surface area (Å²) in [7, 11) is 1.82. The molecule has 0 unspecified atom stereocenters. The SMILES string of the molecule is CN(Cc1ccccc1)c1ncnc(N2CCCc3ccccc32)c1[N+](=O)[O-]. The molecule has 0 N–H and O–H groups in total. The van der Waals surface area contributed by atoms with Gasteiger partial charge in [-0.05, 0) is 30.0 Å². The van der Waals surface area contributed by atoms with Gasteiger partial charge in [-0.25, -0.2) is 9.97 Å². The van der Waals surface area contributed by atoms with Crippen LogP contribution in [-0.4, -0.2) is 28.5 Å². The number of anilines is 3. The van der Waals surface area contributed by atoms with E-state index in [1.54, 1.807) is 4.90 Å². The van der Waals surface area contributed by atoms with Gasteiger partial charge < -0.3 is 9.80 Å². The van der Waals surface area contributed by atoms with E-state index in [2.05, 4.69) is 16.0 Å². The molecule has 0 spiro atoms. The van der Waals surface area contributed by atoms with Crippen molar-refractivity contribution in [3.63, 3.8) is 0 Å². The Labute approximate surface area is 163 Å². The summed E-state index contributed by atoms with van der Waals surface area (Å²) in [5.74, 6) is 0.670. The number of aromatic nitrogens is 2. The molecule has 0 saturated carbocycles. The molecule has 1 aliphatic heterocycles. The van der Waals surface area contributed by atoms with Gasteiger partial charge in [0.2, 0.25) is 11.6 Å². The first kappa shape index (κ1) is 17.9. The van der Waals surface area contributed by atoms with Gasteiger partial charge in [-0.2, -0.15) is 0 Å². The fourth-order valence-corrected chi connectivity index (χ4v) is 3.69. The van der Waals surface area contributed by atoms with Gasteiger partial charge >= 0.3 is 5.69 Å². The largest absolute Gasteiger partial charge is 0.353 e. The van der Waals surface area contributed by atoms with E-state index >= 15 is 0 Å². The van der Waals surface area contributed by atoms with Crippen LogP contribution < -0.4 is 9.80 Å². The topological polar surface area (TPSA) is 75.4 Å². The molecule has 28 heavy (non-hydrogen) atoms. The van der Waals surface area contributed by atoms with Gasteiger partial charge in [0.05, 0.1) is 4.92 Å². The molecule has 4 rings (SSSR count). The van der Waals surface area contributed by atoms with Crippen LogP contribution in [0.3, 0.4) is 0 Å². The Kier molecular flexibility index (Phi) is 4.89. The molecule has 0 radical (unpaired) electrons. The monoisotopic (exact) mass is 375 g/mol. The molecular formula is C21H21N5O2. The van der Waals surface area contributed by atoms with Crippen molar-refractivity contribution in [3.8, 4) is 0 Å². The first-order valence-electron chi connectivity index (χ1n) is 9.25. The third-order valence-electron chi connectivity index (χ3n) is 4.96. The van der Waals surface area contributed by atoms with E-state index < -0.39 is 0 Å². The molecular weight excluding hydrogens is 354 g/mol. The molecule has 2 heterocycles. The fourth-order valence-electron chi connectivity index (χ4n) is 3.69. The molecule has 2 aromatic carbocycles. The van der Waals surface area contributed by atoms with Crippen molar-refractivity contribution in [3.05, 3.63) is 82.2 Å². The van der Waals surface area contributed by atoms with Gasteiger partial charge in [0.1, 0.15) is 6.33 Å². The molecule has 142 valence electrons. The van der Waals surface area contributed by atoms with Crippen molar-refractivity contribution >= 4 is 23.0 Å². The number of hydrogen-bond acceptors (Lipinski definition) is 6. The van der Waals surface area contributed by atoms with Crippen LogP contribution in [0.2, 0.25) is 0 Å². The minimum atomic E-state index is -0.372. The van der Waals surface area contributed by atoms with Gasteiger partial charge in [0.25, 0.3) is 0 Å². The maximum absolute atomic E-state index is 12.0. The second kappa shape index (κ2) is 7.64. The summed E-state index contributed by atoms with van der Waals surface area (Å²) in [5, 5.41) is 12.0. The quantitative estimate of drug-likeness (QED) is 0.493. The summed E-state index contributed by atoms with van der Waals surface area (Å²) in [5.41, 5.74) is 3.16. The summed E-state index contributed by atoms with van der Waals surface area (Å²) in [4.78, 5) is 24.0. The number of benzene rings is 2. The maximum atomic E-state index is 12.0. The highest BCUT2D eigenvalue weighted by molar-refractivity contribution is 5.77. The van der Waals surface area contributed by atoms with E-state index in [0.29, 0.717) is 24.7 Å². The Balaban J connectivity index is 1.76. The Hall–Kier alpha value is -3.48. The van der Waals surface area contributed by atoms with E-state index in [-0.39, 0.29) is 10.6 Å². The number of para-hydroxylation sites is 1. The van der Waals surface area contributed by atoms with Crippen LogP contribution in [0.5, 0.6) is 0 Å². The molecule has 0 fully saturated rings. The van der Waals surface area contributed by atoms with Crippen molar-refractivity contribution in [1.29, 1.82) is 0 Å². The molecule has 1 aromatic heterocycles. The predicted molar refractivity (Wildman–Crippen MR) is 109 cm³/mol. The number of hydrogen-bond donors (Lipinski definition) is 0. The highest BCUT2D eigenvalue weighted by atomic mass is 16.6. The second-order valence-electron chi connectivity index (χ2n) is 6.85. The van der Waals surface area contributed by atoms with Gasteiger partial charge in [0.15, 0.2) is 0 Å². The van der Waals surface area contributed by atoms with Gasteiger partial charge in [-0.15, -0.1) is 0 Å². The zero-order valence-corrected chi connectivity index (χ0v) is 15.7. The standard InChI is InChI=1S/C21H21N5O2/c1-24(14-16-8-3-2-4-9-16)20-19(26(27)28)21(23-15-22-20)25-13-7-11-17-10-5-6-12-18(17)25/h2-6,8-10,12,15H,7,11,13-14H2,1H3. The molecule has 7 nitrogen and oxygen atoms in total. The van der Waals surface area contributed by atoms with Crippen molar-refractivity contribution in [2.24, 2.45) is 0 Å². The number of nitro groups is 1. The van der Waals surface area contributed by atoms with Gasteiger partial charge in [0, 0.05) is 25.8 Å². The molecule has 0 saturated heterocycles. The lowest BCUT2D eigenvalue weighted by atomic mass is 10.0. The molecule has 7 heteroatoms. The molecule has 1 aliphatic rings. The minimum Gasteiger partial charge on any atom is -0.349 e. The van der Waals surface area contributed by atoms with E-state index in [1.165, 1.54) is 11.9 Å². The number of fused-ring (bicyclic) bond motifs is 1. The second-order valence-corrected chi connectivity index (χ2v) is 6.85. The van der Waals surface area contributed by atoms with Crippen molar-refractivity contribution in [1.82, 2.24) is 9.97 Å². The summed E-state index contributed by atoms with van der Waals surface area (Å²) >= 11 is 0. The number of aryl methyl sites for hydroxylation is 1. The lowest BCUT2D eigenvalue weighted by Crippen LogP contribution is -2.27. The zero-order valence-electron chi connectivity index (χ0n) is 15.7. The molecule has 0 aliphatic carbocycles. The molecule has 0 bridgehead atoms. The Morgan fingerprint density at radius 2 is 1.86 bits per heavy atom. The van der Waals surface area contributed by atoms with Crippen LogP contribution >= 0.6 is 0 Å². The minimum absolute atomic E-state index is 0.0577. The van der Waals surface area contributed by atoms with E-state index in [4.69, 9.17) is 0 Å². The average molecular weight is 375 g/mol. The van der Waals surface area contributed by atoms with Crippen molar-refractivity contribution in [2.45, 2.75) is 19.4 Å². The van der Waals surface area contributed by atoms with Crippen LogP contribution in [0, 0.1) is 10.1 Å². The van der Waals surface area contributed by atoms with Crippen LogP contribution in [0.1, 0.15) is 17.5 Å². The van der Waals surface area contributed by atoms with Crippen LogP contribution in [0.25, 0.3) is 0 Å². The van der Waals surface area contributed by atoms with Gasteiger partial charge in [-0.3, -0.25) is 10.1 Å². The third kappa shape index (κ3) is 3.38.